The lowest BCUT2D eigenvalue weighted by Crippen LogP contribution is -2.29. The number of esters is 1. The number of benzene rings is 4. The number of carboxylic acids is 1. The third-order valence-corrected chi connectivity index (χ3v) is 5.56. The summed E-state index contributed by atoms with van der Waals surface area (Å²) in [6.45, 7) is 0.533. The van der Waals surface area contributed by atoms with Crippen LogP contribution in [0.1, 0.15) is 38.1 Å². The first kappa shape index (κ1) is 25.7. The van der Waals surface area contributed by atoms with Crippen LogP contribution in [0.2, 0.25) is 0 Å². The summed E-state index contributed by atoms with van der Waals surface area (Å²) in [5.41, 5.74) is 2.17. The lowest BCUT2D eigenvalue weighted by molar-refractivity contribution is -0.0200. The molecule has 0 fully saturated rings. The fourth-order valence-electron chi connectivity index (χ4n) is 3.82. The van der Waals surface area contributed by atoms with E-state index in [0.29, 0.717) is 6.54 Å². The number of rotatable bonds is 8. The molecule has 4 aromatic carbocycles. The summed E-state index contributed by atoms with van der Waals surface area (Å²) in [6.07, 6.45) is 3.37. The van der Waals surface area contributed by atoms with Gasteiger partial charge in [-0.2, -0.15) is 0 Å². The zero-order valence-electron chi connectivity index (χ0n) is 19.2. The van der Waals surface area contributed by atoms with Crippen LogP contribution in [-0.2, 0) is 4.74 Å². The van der Waals surface area contributed by atoms with Gasteiger partial charge in [0.2, 0.25) is 0 Å². The molecule has 5 nitrogen and oxygen atoms in total. The van der Waals surface area contributed by atoms with E-state index in [1.54, 1.807) is 12.1 Å². The van der Waals surface area contributed by atoms with Crippen molar-refractivity contribution in [2.75, 3.05) is 13.6 Å². The molecule has 0 aliphatic carbocycles. The number of fused-ring (bicyclic) bond motifs is 1. The van der Waals surface area contributed by atoms with E-state index in [4.69, 9.17) is 4.74 Å². The number of ether oxygens (including phenoxy) is 1. The third-order valence-electron chi connectivity index (χ3n) is 5.56. The summed E-state index contributed by atoms with van der Waals surface area (Å²) in [5, 5.41) is 11.3. The van der Waals surface area contributed by atoms with Crippen molar-refractivity contribution in [3.05, 3.63) is 125 Å². The lowest BCUT2D eigenvalue weighted by Gasteiger charge is -2.28. The maximum atomic E-state index is 13.1. The van der Waals surface area contributed by atoms with Crippen molar-refractivity contribution >= 4 is 41.2 Å². The Morgan fingerprint density at radius 1 is 0.886 bits per heavy atom. The van der Waals surface area contributed by atoms with Crippen LogP contribution >= 0.6 is 12.4 Å². The average Bonchev–Trinajstić information content (AvgIpc) is 2.87. The molecule has 0 aliphatic rings. The van der Waals surface area contributed by atoms with Gasteiger partial charge in [0.05, 0.1) is 11.1 Å². The molecule has 6 heteroatoms. The Morgan fingerprint density at radius 2 is 1.54 bits per heavy atom. The molecular formula is C29H26ClNO4. The van der Waals surface area contributed by atoms with E-state index < -0.39 is 18.2 Å². The van der Waals surface area contributed by atoms with E-state index in [2.05, 4.69) is 0 Å². The standard InChI is InChI=1S/C29H25NO4.ClH/c1-30(19-9-12-21-10-3-2-4-11-21)27(26-18-8-14-22-13-5-6-17-25(22)26)34-29(33)24-16-7-15-23(20-24)28(31)32;/h2-18,20,27H,19H2,1H3,(H,31,32);1H/b12-9+;. The molecule has 0 heterocycles. The second-order valence-corrected chi connectivity index (χ2v) is 7.96. The Hall–Kier alpha value is -3.93. The largest absolute Gasteiger partial charge is 0.478 e. The highest BCUT2D eigenvalue weighted by molar-refractivity contribution is 5.95. The van der Waals surface area contributed by atoms with Crippen molar-refractivity contribution in [3.8, 4) is 0 Å². The minimum atomic E-state index is -1.09. The molecule has 0 aliphatic heterocycles. The van der Waals surface area contributed by atoms with Gasteiger partial charge in [-0.3, -0.25) is 4.90 Å². The van der Waals surface area contributed by atoms with E-state index in [1.807, 2.05) is 96.9 Å². The molecule has 0 aromatic heterocycles. The Morgan fingerprint density at radius 3 is 2.31 bits per heavy atom. The molecule has 0 saturated heterocycles. The molecule has 1 unspecified atom stereocenters. The number of hydrogen-bond acceptors (Lipinski definition) is 4. The van der Waals surface area contributed by atoms with E-state index in [1.165, 1.54) is 12.1 Å². The van der Waals surface area contributed by atoms with Gasteiger partial charge in [0.1, 0.15) is 0 Å². The van der Waals surface area contributed by atoms with Crippen molar-refractivity contribution < 1.29 is 19.4 Å². The van der Waals surface area contributed by atoms with Gasteiger partial charge in [-0.1, -0.05) is 91.0 Å². The SMILES string of the molecule is CN(C/C=C/c1ccccc1)C(OC(=O)c1cccc(C(=O)O)c1)c1cccc2ccccc12.Cl. The van der Waals surface area contributed by atoms with Crippen LogP contribution in [0.25, 0.3) is 16.8 Å². The van der Waals surface area contributed by atoms with Crippen LogP contribution in [0.5, 0.6) is 0 Å². The minimum Gasteiger partial charge on any atom is -0.478 e. The number of carboxylic acid groups (broad SMARTS) is 1. The normalized spacial score (nSPS) is 11.8. The van der Waals surface area contributed by atoms with Crippen LogP contribution in [0, 0.1) is 0 Å². The second-order valence-electron chi connectivity index (χ2n) is 7.96. The molecule has 0 spiro atoms. The Kier molecular flexibility index (Phi) is 8.79. The number of aromatic carboxylic acids is 1. The number of likely N-dealkylation sites (N-methyl/N-ethyl adjacent to an activating group) is 1. The van der Waals surface area contributed by atoms with E-state index in [9.17, 15) is 14.7 Å². The van der Waals surface area contributed by atoms with Crippen molar-refractivity contribution in [2.24, 2.45) is 0 Å². The molecule has 0 radical (unpaired) electrons. The molecule has 0 bridgehead atoms. The van der Waals surface area contributed by atoms with Gasteiger partial charge in [-0.15, -0.1) is 12.4 Å². The highest BCUT2D eigenvalue weighted by Crippen LogP contribution is 2.29. The van der Waals surface area contributed by atoms with Gasteiger partial charge in [0, 0.05) is 12.1 Å². The van der Waals surface area contributed by atoms with Gasteiger partial charge in [0.15, 0.2) is 6.23 Å². The zero-order valence-corrected chi connectivity index (χ0v) is 20.0. The first-order valence-electron chi connectivity index (χ1n) is 11.0. The molecule has 0 amide bonds. The first-order chi connectivity index (χ1) is 16.5. The summed E-state index contributed by atoms with van der Waals surface area (Å²) in [5.74, 6) is -1.68. The molecule has 178 valence electrons. The van der Waals surface area contributed by atoms with Crippen molar-refractivity contribution in [2.45, 2.75) is 6.23 Å². The lowest BCUT2D eigenvalue weighted by atomic mass is 10.0. The predicted molar refractivity (Wildman–Crippen MR) is 141 cm³/mol. The zero-order chi connectivity index (χ0) is 23.9. The monoisotopic (exact) mass is 487 g/mol. The Labute approximate surface area is 210 Å². The van der Waals surface area contributed by atoms with E-state index in [-0.39, 0.29) is 23.5 Å². The van der Waals surface area contributed by atoms with E-state index in [0.717, 1.165) is 21.9 Å². The average molecular weight is 488 g/mol. The fraction of sp³-hybridized carbons (Fsp3) is 0.103. The first-order valence-corrected chi connectivity index (χ1v) is 11.0. The molecule has 35 heavy (non-hydrogen) atoms. The van der Waals surface area contributed by atoms with Crippen molar-refractivity contribution in [1.82, 2.24) is 4.90 Å². The highest BCUT2D eigenvalue weighted by Gasteiger charge is 2.24. The second kappa shape index (κ2) is 12.0. The maximum Gasteiger partial charge on any atom is 0.339 e. The van der Waals surface area contributed by atoms with Gasteiger partial charge < -0.3 is 9.84 Å². The number of hydrogen-bond donors (Lipinski definition) is 1. The molecular weight excluding hydrogens is 462 g/mol. The van der Waals surface area contributed by atoms with Crippen molar-refractivity contribution in [1.29, 1.82) is 0 Å². The number of halogens is 1. The summed E-state index contributed by atoms with van der Waals surface area (Å²) < 4.78 is 5.99. The summed E-state index contributed by atoms with van der Waals surface area (Å²) in [6, 6.07) is 29.7. The van der Waals surface area contributed by atoms with Gasteiger partial charge in [-0.25, -0.2) is 9.59 Å². The van der Waals surface area contributed by atoms with Crippen LogP contribution in [0.3, 0.4) is 0 Å². The van der Waals surface area contributed by atoms with Crippen LogP contribution in [0.15, 0.2) is 103 Å². The quantitative estimate of drug-likeness (QED) is 0.228. The smallest absolute Gasteiger partial charge is 0.339 e. The molecule has 1 N–H and O–H groups in total. The number of nitrogens with zero attached hydrogens (tertiary/aromatic N) is 1. The summed E-state index contributed by atoms with van der Waals surface area (Å²) >= 11 is 0. The van der Waals surface area contributed by atoms with Gasteiger partial charge >= 0.3 is 11.9 Å². The summed E-state index contributed by atoms with van der Waals surface area (Å²) in [4.78, 5) is 26.4. The van der Waals surface area contributed by atoms with E-state index >= 15 is 0 Å². The molecule has 0 saturated carbocycles. The fourth-order valence-corrected chi connectivity index (χ4v) is 3.82. The van der Waals surface area contributed by atoms with Crippen molar-refractivity contribution in [3.63, 3.8) is 0 Å². The number of carbonyl (C=O) groups is 2. The Balaban J connectivity index is 0.00000342. The van der Waals surface area contributed by atoms with Crippen LogP contribution in [-0.4, -0.2) is 35.5 Å². The molecule has 1 atom stereocenters. The molecule has 4 rings (SSSR count). The molecule has 4 aromatic rings. The third kappa shape index (κ3) is 6.35. The van der Waals surface area contributed by atoms with Gasteiger partial charge in [0.25, 0.3) is 0 Å². The van der Waals surface area contributed by atoms with Gasteiger partial charge in [-0.05, 0) is 41.6 Å². The van der Waals surface area contributed by atoms with Crippen LogP contribution < -0.4 is 0 Å². The topological polar surface area (TPSA) is 66.8 Å². The van der Waals surface area contributed by atoms with Crippen LogP contribution in [0.4, 0.5) is 0 Å². The number of carbonyl (C=O) groups excluding carboxylic acids is 1. The minimum absolute atomic E-state index is 0. The predicted octanol–water partition coefficient (Wildman–Crippen LogP) is 6.46. The maximum absolute atomic E-state index is 13.1. The highest BCUT2D eigenvalue weighted by atomic mass is 35.5. The Bertz CT molecular complexity index is 1330. The summed E-state index contributed by atoms with van der Waals surface area (Å²) in [7, 11) is 1.89.